The molecule has 6 aromatic rings. The van der Waals surface area contributed by atoms with Gasteiger partial charge < -0.3 is 0 Å². The highest BCUT2D eigenvalue weighted by Gasteiger charge is 2.25. The zero-order chi connectivity index (χ0) is 30.5. The molecule has 0 bridgehead atoms. The van der Waals surface area contributed by atoms with E-state index in [1.807, 2.05) is 56.3 Å². The van der Waals surface area contributed by atoms with Gasteiger partial charge in [-0.25, -0.2) is 0 Å². The molecular weight excluding hydrogens is 420 g/mol. The minimum Gasteiger partial charge on any atom is -0.0622 e. The summed E-state index contributed by atoms with van der Waals surface area (Å²) >= 11 is 0. The molecule has 0 radical (unpaired) electrons. The maximum absolute atomic E-state index is 9.34. The molecule has 0 N–H and O–H groups in total. The maximum atomic E-state index is 9.34. The number of aryl methyl sites for hydroxylation is 1. The molecule has 1 aliphatic carbocycles. The van der Waals surface area contributed by atoms with Gasteiger partial charge in [0.1, 0.15) is 0 Å². The molecular formula is C35H26. The van der Waals surface area contributed by atoms with E-state index in [-0.39, 0.29) is 52.4 Å². The van der Waals surface area contributed by atoms with Crippen molar-refractivity contribution in [2.75, 3.05) is 0 Å². The lowest BCUT2D eigenvalue weighted by Crippen LogP contribution is -1.97. The van der Waals surface area contributed by atoms with Crippen LogP contribution in [0.25, 0.3) is 54.9 Å². The van der Waals surface area contributed by atoms with Crippen molar-refractivity contribution in [3.63, 3.8) is 0 Å². The van der Waals surface area contributed by atoms with Crippen LogP contribution < -0.4 is 0 Å². The fraction of sp³-hybridized carbons (Fsp3) is 0.0857. The van der Waals surface area contributed by atoms with Crippen molar-refractivity contribution < 1.29 is 11.0 Å². The van der Waals surface area contributed by atoms with E-state index in [0.717, 1.165) is 38.9 Å². The molecule has 0 saturated carbocycles. The maximum Gasteiger partial charge on any atom is 0.0636 e. The Morgan fingerprint density at radius 2 is 1.46 bits per heavy atom. The van der Waals surface area contributed by atoms with Crippen LogP contribution in [0, 0.1) is 13.8 Å². The summed E-state index contributed by atoms with van der Waals surface area (Å²) in [5.74, 6) is 0. The van der Waals surface area contributed by atoms with Crippen LogP contribution in [0.5, 0.6) is 0 Å². The highest BCUT2D eigenvalue weighted by atomic mass is 14.3. The third kappa shape index (κ3) is 3.00. The zero-order valence-corrected chi connectivity index (χ0v) is 19.5. The van der Waals surface area contributed by atoms with Crippen molar-refractivity contribution in [1.82, 2.24) is 0 Å². The van der Waals surface area contributed by atoms with Crippen LogP contribution in [0.2, 0.25) is 0 Å². The molecule has 7 rings (SSSR count). The molecule has 0 nitrogen and oxygen atoms in total. The first-order chi connectivity index (χ1) is 20.5. The minimum absolute atomic E-state index is 0.00697. The molecule has 0 spiro atoms. The largest absolute Gasteiger partial charge is 0.0636 e. The molecule has 0 heteroatoms. The Balaban J connectivity index is 1.81. The number of rotatable bonds is 2. The smallest absolute Gasteiger partial charge is 0.0622 e. The lowest BCUT2D eigenvalue weighted by atomic mass is 9.83. The Labute approximate surface area is 217 Å². The van der Waals surface area contributed by atoms with Gasteiger partial charge in [-0.15, -0.1) is 0 Å². The van der Waals surface area contributed by atoms with Crippen molar-refractivity contribution in [2.24, 2.45) is 0 Å². The van der Waals surface area contributed by atoms with E-state index in [4.69, 9.17) is 8.22 Å². The summed E-state index contributed by atoms with van der Waals surface area (Å²) in [7, 11) is 0. The second-order valence-corrected chi connectivity index (χ2v) is 9.17. The van der Waals surface area contributed by atoms with Gasteiger partial charge in [-0.3, -0.25) is 0 Å². The predicted molar refractivity (Wildman–Crippen MR) is 150 cm³/mol. The number of hydrogen-bond acceptors (Lipinski definition) is 0. The highest BCUT2D eigenvalue weighted by molar-refractivity contribution is 6.18. The molecule has 35 heavy (non-hydrogen) atoms. The molecule has 1 aliphatic rings. The minimum atomic E-state index is -0.454. The average molecular weight is 455 g/mol. The SMILES string of the molecule is [2H]c1c([2H])c([2H])c2c(-c3ccccc3)c3c(-c4c(C)c(C)cc5c4Cc4ccccc4-5)c([2H])c([2H])c([2H])c3c([2H])c2c1[2H]. The molecule has 0 heterocycles. The monoisotopic (exact) mass is 454 g/mol. The molecule has 0 unspecified atom stereocenters. The quantitative estimate of drug-likeness (QED) is 0.228. The van der Waals surface area contributed by atoms with Gasteiger partial charge >= 0.3 is 0 Å². The Morgan fingerprint density at radius 3 is 2.34 bits per heavy atom. The Bertz CT molecular complexity index is 2200. The van der Waals surface area contributed by atoms with E-state index in [9.17, 15) is 2.74 Å². The summed E-state index contributed by atoms with van der Waals surface area (Å²) in [5.41, 5.74) is 8.57. The first kappa shape index (κ1) is 13.7. The van der Waals surface area contributed by atoms with E-state index in [0.29, 0.717) is 28.5 Å². The molecule has 0 atom stereocenters. The lowest BCUT2D eigenvalue weighted by molar-refractivity contribution is 1.23. The van der Waals surface area contributed by atoms with Crippen molar-refractivity contribution in [3.8, 4) is 33.4 Å². The van der Waals surface area contributed by atoms with Gasteiger partial charge in [0.05, 0.1) is 11.0 Å². The fourth-order valence-corrected chi connectivity index (χ4v) is 5.53. The Kier molecular flexibility index (Phi) is 3.00. The molecule has 0 aromatic heterocycles. The molecule has 6 aromatic carbocycles. The van der Waals surface area contributed by atoms with Crippen LogP contribution in [0.3, 0.4) is 0 Å². The lowest BCUT2D eigenvalue weighted by Gasteiger charge is -2.20. The molecule has 0 saturated heterocycles. The van der Waals surface area contributed by atoms with Gasteiger partial charge in [-0.05, 0) is 103 Å². The fourth-order valence-electron chi connectivity index (χ4n) is 5.53. The van der Waals surface area contributed by atoms with Gasteiger partial charge in [-0.2, -0.15) is 0 Å². The summed E-state index contributed by atoms with van der Waals surface area (Å²) in [4.78, 5) is 0. The van der Waals surface area contributed by atoms with Gasteiger partial charge in [0, 0.05) is 0 Å². The normalized spacial score (nSPS) is 15.4. The van der Waals surface area contributed by atoms with E-state index >= 15 is 0 Å². The highest BCUT2D eigenvalue weighted by Crippen LogP contribution is 2.48. The summed E-state index contributed by atoms with van der Waals surface area (Å²) in [6, 6.07) is 17.1. The van der Waals surface area contributed by atoms with Crippen LogP contribution in [-0.2, 0) is 6.42 Å². The molecule has 0 amide bonds. The van der Waals surface area contributed by atoms with E-state index in [1.54, 1.807) is 0 Å². The molecule has 0 fully saturated rings. The first-order valence-electron chi connectivity index (χ1n) is 15.8. The zero-order valence-electron chi connectivity index (χ0n) is 27.5. The van der Waals surface area contributed by atoms with E-state index in [2.05, 4.69) is 18.2 Å². The standard InChI is InChI=1S/C35H26/c1-22-19-31-28-16-8-6-14-26(28)21-32(31)33(23(22)2)30-18-10-15-27-20-25-13-7-9-17-29(25)34(35(27)30)24-11-4-3-5-12-24/h3-20H,21H2,1-2H3/i7D,9D,10D,13D,15D,17D,18D,20D. The van der Waals surface area contributed by atoms with E-state index in [1.165, 1.54) is 0 Å². The van der Waals surface area contributed by atoms with Gasteiger partial charge in [0.15, 0.2) is 0 Å². The van der Waals surface area contributed by atoms with Crippen molar-refractivity contribution in [1.29, 1.82) is 0 Å². The number of hydrogen-bond donors (Lipinski definition) is 0. The topological polar surface area (TPSA) is 0 Å². The third-order valence-electron chi connectivity index (χ3n) is 7.25. The second-order valence-electron chi connectivity index (χ2n) is 9.17. The second kappa shape index (κ2) is 7.68. The Morgan fingerprint density at radius 1 is 0.686 bits per heavy atom. The van der Waals surface area contributed by atoms with Crippen LogP contribution in [0.15, 0.2) is 109 Å². The van der Waals surface area contributed by atoms with Gasteiger partial charge in [0.2, 0.25) is 0 Å². The molecule has 0 aliphatic heterocycles. The van der Waals surface area contributed by atoms with Crippen molar-refractivity contribution in [3.05, 3.63) is 131 Å². The van der Waals surface area contributed by atoms with Crippen LogP contribution in [0.4, 0.5) is 0 Å². The van der Waals surface area contributed by atoms with Crippen molar-refractivity contribution >= 4 is 21.5 Å². The Hall–Kier alpha value is -4.16. The van der Waals surface area contributed by atoms with E-state index < -0.39 is 12.1 Å². The summed E-state index contributed by atoms with van der Waals surface area (Å²) in [6.45, 7) is 4.01. The van der Waals surface area contributed by atoms with Gasteiger partial charge in [-0.1, -0.05) is 103 Å². The molecule has 166 valence electrons. The van der Waals surface area contributed by atoms with Crippen molar-refractivity contribution in [2.45, 2.75) is 20.3 Å². The number of fused-ring (bicyclic) bond motifs is 5. The first-order valence-corrected chi connectivity index (χ1v) is 11.8. The van der Waals surface area contributed by atoms with Gasteiger partial charge in [0.25, 0.3) is 0 Å². The van der Waals surface area contributed by atoms with Crippen LogP contribution in [0.1, 0.15) is 33.2 Å². The third-order valence-corrected chi connectivity index (χ3v) is 7.25. The predicted octanol–water partition coefficient (Wildman–Crippen LogP) is 9.52. The number of benzene rings is 6. The van der Waals surface area contributed by atoms with Crippen LogP contribution >= 0.6 is 0 Å². The summed E-state index contributed by atoms with van der Waals surface area (Å²) in [6.07, 6.45) is 0.625. The summed E-state index contributed by atoms with van der Waals surface area (Å²) < 4.78 is 71.2. The summed E-state index contributed by atoms with van der Waals surface area (Å²) in [5, 5.41) is 0.689. The van der Waals surface area contributed by atoms with Crippen LogP contribution in [-0.4, -0.2) is 0 Å². The average Bonchev–Trinajstić information content (AvgIpc) is 3.37.